The molecule has 0 bridgehead atoms. The van der Waals surface area contributed by atoms with Crippen molar-refractivity contribution >= 4 is 22.1 Å². The van der Waals surface area contributed by atoms with E-state index in [0.717, 1.165) is 0 Å². The number of carboxylic acid groups (broad SMARTS) is 2. The first kappa shape index (κ1) is 17.8. The maximum atomic E-state index is 11.2. The summed E-state index contributed by atoms with van der Waals surface area (Å²) in [5.41, 5.74) is 0. The van der Waals surface area contributed by atoms with Crippen molar-refractivity contribution in [2.75, 3.05) is 0 Å². The van der Waals surface area contributed by atoms with Gasteiger partial charge in [0.1, 0.15) is 0 Å². The van der Waals surface area contributed by atoms with E-state index >= 15 is 0 Å². The Kier molecular flexibility index (Phi) is 6.99. The van der Waals surface area contributed by atoms with Gasteiger partial charge in [-0.15, -0.1) is 0 Å². The van der Waals surface area contributed by atoms with Crippen molar-refractivity contribution < 1.29 is 32.8 Å². The number of rotatable bonds is 9. The highest BCUT2D eigenvalue weighted by Gasteiger charge is 2.37. The van der Waals surface area contributed by atoms with Crippen molar-refractivity contribution in [3.8, 4) is 0 Å². The molecule has 7 nitrogen and oxygen atoms in total. The summed E-state index contributed by atoms with van der Waals surface area (Å²) in [4.78, 5) is 21.7. The molecule has 0 aliphatic heterocycles. The van der Waals surface area contributed by atoms with Gasteiger partial charge in [-0.3, -0.25) is 14.1 Å². The molecular weight excluding hydrogens is 276 g/mol. The molecule has 0 aliphatic carbocycles. The van der Waals surface area contributed by atoms with Gasteiger partial charge < -0.3 is 10.2 Å². The van der Waals surface area contributed by atoms with E-state index in [2.05, 4.69) is 0 Å². The van der Waals surface area contributed by atoms with Gasteiger partial charge in [-0.1, -0.05) is 13.3 Å². The van der Waals surface area contributed by atoms with Gasteiger partial charge in [0.2, 0.25) is 0 Å². The van der Waals surface area contributed by atoms with Gasteiger partial charge in [-0.25, -0.2) is 0 Å². The topological polar surface area (TPSA) is 129 Å². The van der Waals surface area contributed by atoms with E-state index in [9.17, 15) is 18.0 Å². The predicted molar refractivity (Wildman–Crippen MR) is 67.4 cm³/mol. The third-order valence-electron chi connectivity index (χ3n) is 3.20. The van der Waals surface area contributed by atoms with E-state index in [4.69, 9.17) is 14.8 Å². The third kappa shape index (κ3) is 6.02. The largest absolute Gasteiger partial charge is 0.481 e. The third-order valence-corrected chi connectivity index (χ3v) is 4.49. The molecule has 112 valence electrons. The lowest BCUT2D eigenvalue weighted by Crippen LogP contribution is -2.36. The van der Waals surface area contributed by atoms with Gasteiger partial charge in [0.05, 0.1) is 11.2 Å². The van der Waals surface area contributed by atoms with Crippen LogP contribution in [0.4, 0.5) is 0 Å². The van der Waals surface area contributed by atoms with Crippen LogP contribution in [-0.4, -0.2) is 40.4 Å². The molecule has 0 heterocycles. The Hall–Kier alpha value is -1.15. The van der Waals surface area contributed by atoms with Crippen LogP contribution in [0.2, 0.25) is 0 Å². The molecule has 19 heavy (non-hydrogen) atoms. The summed E-state index contributed by atoms with van der Waals surface area (Å²) in [6.45, 7) is 3.01. The fraction of sp³-hybridized carbons (Fsp3) is 0.818. The molecule has 3 unspecified atom stereocenters. The monoisotopic (exact) mass is 296 g/mol. The average molecular weight is 296 g/mol. The molecule has 0 aliphatic rings. The van der Waals surface area contributed by atoms with Gasteiger partial charge in [0.25, 0.3) is 10.1 Å². The zero-order valence-electron chi connectivity index (χ0n) is 10.9. The Labute approximate surface area is 112 Å². The van der Waals surface area contributed by atoms with Crippen LogP contribution in [0.3, 0.4) is 0 Å². The minimum absolute atomic E-state index is 0.158. The first-order chi connectivity index (χ1) is 8.61. The van der Waals surface area contributed by atoms with E-state index in [1.54, 1.807) is 6.92 Å². The highest BCUT2D eigenvalue weighted by atomic mass is 32.2. The van der Waals surface area contributed by atoms with Crippen LogP contribution in [0.1, 0.15) is 39.5 Å². The van der Waals surface area contributed by atoms with Crippen LogP contribution in [0, 0.1) is 11.8 Å². The highest BCUT2D eigenvalue weighted by Crippen LogP contribution is 2.29. The fourth-order valence-electron chi connectivity index (χ4n) is 2.12. The predicted octanol–water partition coefficient (Wildman–Crippen LogP) is 1.24. The number of carboxylic acids is 2. The Balaban J connectivity index is 5.17. The normalized spacial score (nSPS) is 16.6. The summed E-state index contributed by atoms with van der Waals surface area (Å²) in [6, 6.07) is 0. The molecule has 0 fully saturated rings. The van der Waals surface area contributed by atoms with Crippen LogP contribution in [0.5, 0.6) is 0 Å². The van der Waals surface area contributed by atoms with Crippen molar-refractivity contribution in [1.82, 2.24) is 0 Å². The molecule has 0 aromatic carbocycles. The van der Waals surface area contributed by atoms with Crippen molar-refractivity contribution in [2.24, 2.45) is 11.8 Å². The standard InChI is InChI=1S/C11H20O7S/c1-3-4-8(7(2)19(16,17)18)9(11(14)15)5-6-10(12)13/h7-9H,3-6H2,1-2H3,(H,12,13)(H,14,15)(H,16,17,18). The Bertz CT molecular complexity index is 415. The number of aliphatic carboxylic acids is 2. The van der Waals surface area contributed by atoms with Crippen LogP contribution < -0.4 is 0 Å². The van der Waals surface area contributed by atoms with Crippen molar-refractivity contribution in [1.29, 1.82) is 0 Å². The molecule has 0 amide bonds. The highest BCUT2D eigenvalue weighted by molar-refractivity contribution is 7.86. The molecule has 0 spiro atoms. The van der Waals surface area contributed by atoms with Gasteiger partial charge in [0, 0.05) is 6.42 Å². The first-order valence-corrected chi connectivity index (χ1v) is 7.52. The fourth-order valence-corrected chi connectivity index (χ4v) is 2.88. The van der Waals surface area contributed by atoms with Gasteiger partial charge >= 0.3 is 11.9 Å². The lowest BCUT2D eigenvalue weighted by molar-refractivity contribution is -0.145. The van der Waals surface area contributed by atoms with E-state index in [1.165, 1.54) is 6.92 Å². The molecule has 3 atom stereocenters. The van der Waals surface area contributed by atoms with Crippen molar-refractivity contribution in [3.63, 3.8) is 0 Å². The molecule has 3 N–H and O–H groups in total. The van der Waals surface area contributed by atoms with Crippen LogP contribution in [-0.2, 0) is 19.7 Å². The number of hydrogen-bond acceptors (Lipinski definition) is 4. The Morgan fingerprint density at radius 1 is 1.16 bits per heavy atom. The maximum absolute atomic E-state index is 11.2. The average Bonchev–Trinajstić information content (AvgIpc) is 2.24. The first-order valence-electron chi connectivity index (χ1n) is 6.02. The molecule has 0 rings (SSSR count). The van der Waals surface area contributed by atoms with Gasteiger partial charge in [-0.2, -0.15) is 8.42 Å². The summed E-state index contributed by atoms with van der Waals surface area (Å²) < 4.78 is 31.4. The van der Waals surface area contributed by atoms with E-state index in [0.29, 0.717) is 6.42 Å². The van der Waals surface area contributed by atoms with E-state index in [1.807, 2.05) is 0 Å². The van der Waals surface area contributed by atoms with Gasteiger partial charge in [0.15, 0.2) is 0 Å². The second-order valence-electron chi connectivity index (χ2n) is 4.55. The summed E-state index contributed by atoms with van der Waals surface area (Å²) in [7, 11) is -4.35. The van der Waals surface area contributed by atoms with Crippen LogP contribution in [0.25, 0.3) is 0 Å². The lowest BCUT2D eigenvalue weighted by atomic mass is 9.83. The maximum Gasteiger partial charge on any atom is 0.306 e. The molecule has 0 saturated heterocycles. The second kappa shape index (κ2) is 7.44. The quantitative estimate of drug-likeness (QED) is 0.546. The summed E-state index contributed by atoms with van der Waals surface area (Å²) in [6.07, 6.45) is 0.323. The number of carbonyl (C=O) groups is 2. The van der Waals surface area contributed by atoms with E-state index in [-0.39, 0.29) is 19.3 Å². The summed E-state index contributed by atoms with van der Waals surface area (Å²) in [5, 5.41) is 16.5. The molecule has 8 heteroatoms. The molecule has 0 aromatic rings. The van der Waals surface area contributed by atoms with Crippen molar-refractivity contribution in [3.05, 3.63) is 0 Å². The van der Waals surface area contributed by atoms with Gasteiger partial charge in [-0.05, 0) is 25.7 Å². The smallest absolute Gasteiger partial charge is 0.306 e. The SMILES string of the molecule is CCCC(C(CCC(=O)O)C(=O)O)C(C)S(=O)(=O)O. The van der Waals surface area contributed by atoms with Crippen LogP contribution in [0.15, 0.2) is 0 Å². The zero-order chi connectivity index (χ0) is 15.2. The number of hydrogen-bond donors (Lipinski definition) is 3. The van der Waals surface area contributed by atoms with Crippen LogP contribution >= 0.6 is 0 Å². The summed E-state index contributed by atoms with van der Waals surface area (Å²) in [5.74, 6) is -4.29. The zero-order valence-corrected chi connectivity index (χ0v) is 11.8. The molecule has 0 saturated carbocycles. The minimum atomic E-state index is -4.35. The Morgan fingerprint density at radius 2 is 1.68 bits per heavy atom. The second-order valence-corrected chi connectivity index (χ2v) is 6.32. The molecule has 0 aromatic heterocycles. The molecular formula is C11H20O7S. The van der Waals surface area contributed by atoms with E-state index < -0.39 is 39.1 Å². The summed E-state index contributed by atoms with van der Waals surface area (Å²) >= 11 is 0. The minimum Gasteiger partial charge on any atom is -0.481 e. The van der Waals surface area contributed by atoms with Crippen molar-refractivity contribution in [2.45, 2.75) is 44.8 Å². The lowest BCUT2D eigenvalue weighted by Gasteiger charge is -2.27. The molecule has 0 radical (unpaired) electrons. The Morgan fingerprint density at radius 3 is 2.00 bits per heavy atom.